The van der Waals surface area contributed by atoms with Crippen LogP contribution in [-0.4, -0.2) is 22.7 Å². The van der Waals surface area contributed by atoms with Gasteiger partial charge in [-0.1, -0.05) is 18.2 Å². The Morgan fingerprint density at radius 1 is 1.44 bits per heavy atom. The van der Waals surface area contributed by atoms with Gasteiger partial charge in [-0.05, 0) is 13.0 Å². The Balaban J connectivity index is 2.19. The van der Waals surface area contributed by atoms with Crippen LogP contribution in [0.15, 0.2) is 29.6 Å². The number of hydrogen-bond donors (Lipinski definition) is 1. The minimum atomic E-state index is -0.990. The number of carboxylic acid groups (broad SMARTS) is 1. The van der Waals surface area contributed by atoms with E-state index in [4.69, 9.17) is 9.84 Å². The first kappa shape index (κ1) is 12.6. The summed E-state index contributed by atoms with van der Waals surface area (Å²) in [7, 11) is 0. The molecule has 94 valence electrons. The lowest BCUT2D eigenvalue weighted by atomic mass is 10.1. The molecule has 0 bridgehead atoms. The summed E-state index contributed by atoms with van der Waals surface area (Å²) in [5.41, 5.74) is 1.12. The molecule has 0 saturated heterocycles. The van der Waals surface area contributed by atoms with Crippen molar-refractivity contribution in [2.45, 2.75) is 13.3 Å². The summed E-state index contributed by atoms with van der Waals surface area (Å²) in [6.07, 6.45) is 0.591. The number of rotatable bonds is 5. The van der Waals surface area contributed by atoms with E-state index in [9.17, 15) is 4.79 Å². The quantitative estimate of drug-likeness (QED) is 0.901. The smallest absolute Gasteiger partial charge is 0.355 e. The highest BCUT2D eigenvalue weighted by molar-refractivity contribution is 7.09. The molecule has 1 heterocycles. The minimum Gasteiger partial charge on any atom is -0.494 e. The topological polar surface area (TPSA) is 59.4 Å². The van der Waals surface area contributed by atoms with Crippen LogP contribution in [0.3, 0.4) is 0 Å². The fraction of sp³-hybridized carbons (Fsp3) is 0.231. The first-order valence-corrected chi connectivity index (χ1v) is 6.47. The van der Waals surface area contributed by atoms with Gasteiger partial charge < -0.3 is 9.84 Å². The first-order valence-electron chi connectivity index (χ1n) is 5.59. The number of aromatic nitrogens is 1. The number of benzene rings is 1. The molecule has 4 nitrogen and oxygen atoms in total. The molecule has 18 heavy (non-hydrogen) atoms. The van der Waals surface area contributed by atoms with Gasteiger partial charge >= 0.3 is 5.97 Å². The summed E-state index contributed by atoms with van der Waals surface area (Å²) in [5, 5.41) is 11.2. The molecule has 1 aromatic heterocycles. The number of carboxylic acids is 1. The van der Waals surface area contributed by atoms with Crippen LogP contribution >= 0.6 is 11.3 Å². The van der Waals surface area contributed by atoms with E-state index in [1.54, 1.807) is 5.38 Å². The van der Waals surface area contributed by atoms with E-state index in [1.807, 2.05) is 31.2 Å². The van der Waals surface area contributed by atoms with Crippen LogP contribution in [0.1, 0.15) is 28.0 Å². The molecule has 5 heteroatoms. The van der Waals surface area contributed by atoms with Crippen molar-refractivity contribution in [3.63, 3.8) is 0 Å². The molecular weight excluding hydrogens is 250 g/mol. The Morgan fingerprint density at radius 3 is 2.89 bits per heavy atom. The summed E-state index contributed by atoms with van der Waals surface area (Å²) < 4.78 is 5.52. The number of thiazole rings is 1. The molecule has 0 atom stereocenters. The Hall–Kier alpha value is -1.88. The third-order valence-electron chi connectivity index (χ3n) is 2.38. The van der Waals surface area contributed by atoms with Gasteiger partial charge in [0.15, 0.2) is 5.69 Å². The molecule has 0 fully saturated rings. The van der Waals surface area contributed by atoms with Crippen LogP contribution in [0.2, 0.25) is 0 Å². The van der Waals surface area contributed by atoms with Crippen molar-refractivity contribution in [1.82, 2.24) is 4.98 Å². The Labute approximate surface area is 109 Å². The molecule has 0 saturated carbocycles. The van der Waals surface area contributed by atoms with E-state index in [2.05, 4.69) is 4.98 Å². The fourth-order valence-corrected chi connectivity index (χ4v) is 2.39. The van der Waals surface area contributed by atoms with Crippen molar-refractivity contribution in [2.75, 3.05) is 6.61 Å². The molecule has 1 N–H and O–H groups in total. The largest absolute Gasteiger partial charge is 0.494 e. The zero-order chi connectivity index (χ0) is 13.0. The van der Waals surface area contributed by atoms with Gasteiger partial charge in [-0.2, -0.15) is 0 Å². The van der Waals surface area contributed by atoms with E-state index in [0.29, 0.717) is 13.0 Å². The average molecular weight is 263 g/mol. The standard InChI is InChI=1S/C13H13NO3S/c1-2-17-11-6-4-3-5-9(11)7-12-14-10(8-18-12)13(15)16/h3-6,8H,2,7H2,1H3,(H,15,16). The Bertz CT molecular complexity index is 551. The summed E-state index contributed by atoms with van der Waals surface area (Å²) in [6, 6.07) is 7.72. The second-order valence-corrected chi connectivity index (χ2v) is 4.59. The molecule has 0 aliphatic carbocycles. The van der Waals surface area contributed by atoms with E-state index in [-0.39, 0.29) is 5.69 Å². The zero-order valence-corrected chi connectivity index (χ0v) is 10.7. The SMILES string of the molecule is CCOc1ccccc1Cc1nc(C(=O)O)cs1. The van der Waals surface area contributed by atoms with Crippen molar-refractivity contribution in [3.8, 4) is 5.75 Å². The molecule has 0 aliphatic rings. The van der Waals surface area contributed by atoms with Gasteiger partial charge in [0, 0.05) is 17.4 Å². The van der Waals surface area contributed by atoms with Gasteiger partial charge in [-0.25, -0.2) is 9.78 Å². The second kappa shape index (κ2) is 5.64. The number of para-hydroxylation sites is 1. The van der Waals surface area contributed by atoms with Gasteiger partial charge in [0.1, 0.15) is 5.75 Å². The third-order valence-corrected chi connectivity index (χ3v) is 3.23. The zero-order valence-electron chi connectivity index (χ0n) is 9.92. The van der Waals surface area contributed by atoms with Crippen LogP contribution < -0.4 is 4.74 Å². The maximum Gasteiger partial charge on any atom is 0.355 e. The second-order valence-electron chi connectivity index (χ2n) is 3.65. The van der Waals surface area contributed by atoms with E-state index in [1.165, 1.54) is 11.3 Å². The molecule has 0 spiro atoms. The van der Waals surface area contributed by atoms with Crippen LogP contribution in [0, 0.1) is 0 Å². The van der Waals surface area contributed by atoms with Crippen LogP contribution in [0.4, 0.5) is 0 Å². The van der Waals surface area contributed by atoms with Crippen molar-refractivity contribution >= 4 is 17.3 Å². The van der Waals surface area contributed by atoms with Gasteiger partial charge in [0.2, 0.25) is 0 Å². The van der Waals surface area contributed by atoms with Gasteiger partial charge in [-0.3, -0.25) is 0 Å². The van der Waals surface area contributed by atoms with Gasteiger partial charge in [0.05, 0.1) is 11.6 Å². The number of hydrogen-bond acceptors (Lipinski definition) is 4. The third kappa shape index (κ3) is 2.87. The molecular formula is C13H13NO3S. The lowest BCUT2D eigenvalue weighted by Crippen LogP contribution is -1.99. The van der Waals surface area contributed by atoms with Crippen molar-refractivity contribution in [2.24, 2.45) is 0 Å². The molecule has 0 aliphatic heterocycles. The molecule has 2 aromatic rings. The predicted molar refractivity (Wildman–Crippen MR) is 69.5 cm³/mol. The predicted octanol–water partition coefficient (Wildman–Crippen LogP) is 2.83. The van der Waals surface area contributed by atoms with Gasteiger partial charge in [0.25, 0.3) is 0 Å². The lowest BCUT2D eigenvalue weighted by molar-refractivity contribution is 0.0691. The molecule has 2 rings (SSSR count). The molecule has 0 radical (unpaired) electrons. The highest BCUT2D eigenvalue weighted by Crippen LogP contribution is 2.23. The minimum absolute atomic E-state index is 0.101. The van der Waals surface area contributed by atoms with E-state index in [0.717, 1.165) is 16.3 Å². The van der Waals surface area contributed by atoms with Crippen LogP contribution in [-0.2, 0) is 6.42 Å². The number of ether oxygens (including phenoxy) is 1. The fourth-order valence-electron chi connectivity index (χ4n) is 1.60. The normalized spacial score (nSPS) is 10.3. The Morgan fingerprint density at radius 2 is 2.22 bits per heavy atom. The highest BCUT2D eigenvalue weighted by atomic mass is 32.1. The monoisotopic (exact) mass is 263 g/mol. The molecule has 1 aromatic carbocycles. The summed E-state index contributed by atoms with van der Waals surface area (Å²) in [4.78, 5) is 14.8. The van der Waals surface area contributed by atoms with Crippen LogP contribution in [0.5, 0.6) is 5.75 Å². The summed E-state index contributed by atoms with van der Waals surface area (Å²) in [5.74, 6) is -0.164. The van der Waals surface area contributed by atoms with Crippen molar-refractivity contribution in [3.05, 3.63) is 45.9 Å². The van der Waals surface area contributed by atoms with Crippen molar-refractivity contribution < 1.29 is 14.6 Å². The lowest BCUT2D eigenvalue weighted by Gasteiger charge is -2.08. The summed E-state index contributed by atoms with van der Waals surface area (Å²) >= 11 is 1.35. The van der Waals surface area contributed by atoms with Gasteiger partial charge in [-0.15, -0.1) is 11.3 Å². The average Bonchev–Trinajstić information content (AvgIpc) is 2.81. The molecule has 0 unspecified atom stereocenters. The van der Waals surface area contributed by atoms with Crippen LogP contribution in [0.25, 0.3) is 0 Å². The number of nitrogens with zero attached hydrogens (tertiary/aromatic N) is 1. The van der Waals surface area contributed by atoms with Crippen molar-refractivity contribution in [1.29, 1.82) is 0 Å². The highest BCUT2D eigenvalue weighted by Gasteiger charge is 2.10. The maximum absolute atomic E-state index is 10.8. The van der Waals surface area contributed by atoms with E-state index < -0.39 is 5.97 Å². The summed E-state index contributed by atoms with van der Waals surface area (Å²) in [6.45, 7) is 2.54. The number of carbonyl (C=O) groups is 1. The first-order chi connectivity index (χ1) is 8.70. The maximum atomic E-state index is 10.8. The number of aromatic carboxylic acids is 1. The van der Waals surface area contributed by atoms with E-state index >= 15 is 0 Å². The Kier molecular flexibility index (Phi) is 3.94. The molecule has 0 amide bonds.